The van der Waals surface area contributed by atoms with Crippen LogP contribution in [0.5, 0.6) is 0 Å². The molecule has 0 radical (unpaired) electrons. The molecule has 1 saturated heterocycles. The van der Waals surface area contributed by atoms with Gasteiger partial charge in [-0.15, -0.1) is 0 Å². The summed E-state index contributed by atoms with van der Waals surface area (Å²) in [4.78, 5) is 11.3. The Morgan fingerprint density at radius 3 is 2.48 bits per heavy atom. The van der Waals surface area contributed by atoms with Crippen LogP contribution in [0.2, 0.25) is 0 Å². The van der Waals surface area contributed by atoms with Crippen molar-refractivity contribution >= 4 is 16.0 Å². The van der Waals surface area contributed by atoms with E-state index < -0.39 is 16.0 Å². The van der Waals surface area contributed by atoms with Gasteiger partial charge in [-0.2, -0.15) is 0 Å². The smallest absolute Gasteiger partial charge is 0.337 e. The highest BCUT2D eigenvalue weighted by molar-refractivity contribution is 7.88. The van der Waals surface area contributed by atoms with Crippen molar-refractivity contribution in [2.24, 2.45) is 11.8 Å². The van der Waals surface area contributed by atoms with Crippen molar-refractivity contribution in [3.63, 3.8) is 0 Å². The van der Waals surface area contributed by atoms with E-state index in [0.717, 1.165) is 13.1 Å². The number of fused-ring (bicyclic) bond motifs is 1. The third-order valence-electron chi connectivity index (χ3n) is 4.14. The molecule has 2 fully saturated rings. The number of carbonyl (C=O) groups excluding carboxylic acids is 1. The SMILES string of the molecule is COC(=O)c1ccc(CS(=O)(=O)NC2C3CNCC32)cc1. The predicted octanol–water partition coefficient (Wildman–Crippen LogP) is 0.110. The van der Waals surface area contributed by atoms with E-state index in [-0.39, 0.29) is 11.8 Å². The maximum Gasteiger partial charge on any atom is 0.337 e. The summed E-state index contributed by atoms with van der Waals surface area (Å²) in [6.07, 6.45) is 0. The van der Waals surface area contributed by atoms with E-state index >= 15 is 0 Å². The third kappa shape index (κ3) is 3.09. The molecule has 1 aromatic carbocycles. The Balaban J connectivity index is 1.61. The lowest BCUT2D eigenvalue weighted by Crippen LogP contribution is -2.33. The largest absolute Gasteiger partial charge is 0.465 e. The lowest BCUT2D eigenvalue weighted by atomic mass is 10.1. The monoisotopic (exact) mass is 310 g/mol. The van der Waals surface area contributed by atoms with Gasteiger partial charge in [-0.3, -0.25) is 0 Å². The van der Waals surface area contributed by atoms with Crippen molar-refractivity contribution in [1.29, 1.82) is 0 Å². The molecule has 1 aliphatic carbocycles. The van der Waals surface area contributed by atoms with E-state index in [9.17, 15) is 13.2 Å². The number of piperidine rings is 1. The first-order chi connectivity index (χ1) is 10.00. The number of carbonyl (C=O) groups is 1. The van der Waals surface area contributed by atoms with E-state index in [1.165, 1.54) is 7.11 Å². The molecule has 1 aromatic rings. The zero-order chi connectivity index (χ0) is 15.0. The van der Waals surface area contributed by atoms with Gasteiger partial charge in [0.25, 0.3) is 0 Å². The van der Waals surface area contributed by atoms with Crippen molar-refractivity contribution in [2.45, 2.75) is 11.8 Å². The number of hydrogen-bond donors (Lipinski definition) is 2. The van der Waals surface area contributed by atoms with Gasteiger partial charge in [0.15, 0.2) is 0 Å². The minimum Gasteiger partial charge on any atom is -0.465 e. The Kier molecular flexibility index (Phi) is 3.73. The summed E-state index contributed by atoms with van der Waals surface area (Å²) in [5.74, 6) is 0.390. The van der Waals surface area contributed by atoms with Crippen LogP contribution in [0.4, 0.5) is 0 Å². The van der Waals surface area contributed by atoms with Gasteiger partial charge in [0, 0.05) is 6.04 Å². The summed E-state index contributed by atoms with van der Waals surface area (Å²) in [7, 11) is -2.03. The van der Waals surface area contributed by atoms with Crippen molar-refractivity contribution in [1.82, 2.24) is 10.0 Å². The second-order valence-electron chi connectivity index (χ2n) is 5.58. The van der Waals surface area contributed by atoms with Crippen molar-refractivity contribution in [3.8, 4) is 0 Å². The Hall–Kier alpha value is -1.44. The Morgan fingerprint density at radius 2 is 1.90 bits per heavy atom. The van der Waals surface area contributed by atoms with Gasteiger partial charge in [-0.25, -0.2) is 17.9 Å². The van der Waals surface area contributed by atoms with Crippen LogP contribution in [-0.4, -0.2) is 40.6 Å². The molecule has 2 N–H and O–H groups in total. The fourth-order valence-corrected chi connectivity index (χ4v) is 4.40. The summed E-state index contributed by atoms with van der Waals surface area (Å²) in [6, 6.07) is 6.52. The predicted molar refractivity (Wildman–Crippen MR) is 77.2 cm³/mol. The standard InChI is InChI=1S/C14H18N2O4S/c1-20-14(17)10-4-2-9(3-5-10)8-21(18,19)16-13-11-6-15-7-12(11)13/h2-5,11-13,15-16H,6-8H2,1H3. The lowest BCUT2D eigenvalue weighted by molar-refractivity contribution is 0.0600. The average Bonchev–Trinajstić information content (AvgIpc) is 2.89. The summed E-state index contributed by atoms with van der Waals surface area (Å²) in [5, 5.41) is 3.23. The molecular formula is C14H18N2O4S. The molecule has 114 valence electrons. The van der Waals surface area contributed by atoms with Gasteiger partial charge in [0.1, 0.15) is 0 Å². The molecule has 0 spiro atoms. The highest BCUT2D eigenvalue weighted by Gasteiger charge is 2.54. The molecule has 7 heteroatoms. The first-order valence-electron chi connectivity index (χ1n) is 6.88. The summed E-state index contributed by atoms with van der Waals surface area (Å²) >= 11 is 0. The molecule has 3 rings (SSSR count). The highest BCUT2D eigenvalue weighted by Crippen LogP contribution is 2.42. The molecule has 1 aliphatic heterocycles. The molecule has 2 atom stereocenters. The molecule has 1 saturated carbocycles. The lowest BCUT2D eigenvalue weighted by Gasteiger charge is -2.09. The molecule has 21 heavy (non-hydrogen) atoms. The van der Waals surface area contributed by atoms with Crippen LogP contribution in [0.3, 0.4) is 0 Å². The zero-order valence-corrected chi connectivity index (χ0v) is 12.5. The maximum absolute atomic E-state index is 12.1. The second-order valence-corrected chi connectivity index (χ2v) is 7.33. The number of esters is 1. The topological polar surface area (TPSA) is 84.5 Å². The van der Waals surface area contributed by atoms with Crippen molar-refractivity contribution in [3.05, 3.63) is 35.4 Å². The van der Waals surface area contributed by atoms with Crippen molar-refractivity contribution < 1.29 is 17.9 Å². The van der Waals surface area contributed by atoms with Crippen LogP contribution in [0.25, 0.3) is 0 Å². The van der Waals surface area contributed by atoms with Gasteiger partial charge >= 0.3 is 5.97 Å². The fourth-order valence-electron chi connectivity index (χ4n) is 2.92. The Morgan fingerprint density at radius 1 is 1.29 bits per heavy atom. The molecule has 0 amide bonds. The molecule has 0 aromatic heterocycles. The fraction of sp³-hybridized carbons (Fsp3) is 0.500. The van der Waals surface area contributed by atoms with Gasteiger partial charge < -0.3 is 10.1 Å². The average molecular weight is 310 g/mol. The number of benzene rings is 1. The van der Waals surface area contributed by atoms with E-state index in [4.69, 9.17) is 0 Å². The van der Waals surface area contributed by atoms with E-state index in [2.05, 4.69) is 14.8 Å². The van der Waals surface area contributed by atoms with Crippen LogP contribution in [0, 0.1) is 11.8 Å². The number of sulfonamides is 1. The summed E-state index contributed by atoms with van der Waals surface area (Å²) in [5.41, 5.74) is 1.06. The van der Waals surface area contributed by atoms with E-state index in [1.807, 2.05) is 0 Å². The number of nitrogens with one attached hydrogen (secondary N) is 2. The normalized spacial score (nSPS) is 27.2. The second kappa shape index (κ2) is 5.40. The van der Waals surface area contributed by atoms with Crippen LogP contribution < -0.4 is 10.0 Å². The number of rotatable bonds is 5. The van der Waals surface area contributed by atoms with E-state index in [1.54, 1.807) is 24.3 Å². The van der Waals surface area contributed by atoms with Crippen LogP contribution in [0.1, 0.15) is 15.9 Å². The van der Waals surface area contributed by atoms with Crippen LogP contribution in [0.15, 0.2) is 24.3 Å². The Labute approximate surface area is 123 Å². The van der Waals surface area contributed by atoms with Crippen LogP contribution in [-0.2, 0) is 20.5 Å². The van der Waals surface area contributed by atoms with E-state index in [0.29, 0.717) is 23.0 Å². The molecular weight excluding hydrogens is 292 g/mol. The molecule has 1 heterocycles. The van der Waals surface area contributed by atoms with Gasteiger partial charge in [-0.1, -0.05) is 12.1 Å². The third-order valence-corrected chi connectivity index (χ3v) is 5.48. The van der Waals surface area contributed by atoms with Crippen LogP contribution >= 0.6 is 0 Å². The number of ether oxygens (including phenoxy) is 1. The number of hydrogen-bond acceptors (Lipinski definition) is 5. The Bertz CT molecular complexity index is 631. The molecule has 2 unspecified atom stereocenters. The highest BCUT2D eigenvalue weighted by atomic mass is 32.2. The first-order valence-corrected chi connectivity index (χ1v) is 8.53. The molecule has 2 aliphatic rings. The summed E-state index contributed by atoms with van der Waals surface area (Å²) < 4.78 is 31.6. The quantitative estimate of drug-likeness (QED) is 0.754. The zero-order valence-electron chi connectivity index (χ0n) is 11.7. The summed E-state index contributed by atoms with van der Waals surface area (Å²) in [6.45, 7) is 1.79. The van der Waals surface area contributed by atoms with Gasteiger partial charge in [-0.05, 0) is 42.6 Å². The first kappa shape index (κ1) is 14.5. The minimum absolute atomic E-state index is 0.0716. The van der Waals surface area contributed by atoms with Crippen molar-refractivity contribution in [2.75, 3.05) is 20.2 Å². The molecule has 0 bridgehead atoms. The van der Waals surface area contributed by atoms with Gasteiger partial charge in [0.05, 0.1) is 18.4 Å². The van der Waals surface area contributed by atoms with Gasteiger partial charge in [0.2, 0.25) is 10.0 Å². The molecule has 6 nitrogen and oxygen atoms in total. The minimum atomic E-state index is -3.35. The number of methoxy groups -OCH3 is 1. The maximum atomic E-state index is 12.1.